The van der Waals surface area contributed by atoms with Crippen molar-refractivity contribution in [2.75, 3.05) is 47.4 Å². The van der Waals surface area contributed by atoms with Gasteiger partial charge in [0, 0.05) is 26.2 Å². The van der Waals surface area contributed by atoms with Crippen molar-refractivity contribution in [1.82, 2.24) is 19.8 Å². The number of aromatic nitrogens is 2. The Bertz CT molecular complexity index is 1430. The first-order chi connectivity index (χ1) is 19.6. The van der Waals surface area contributed by atoms with E-state index in [9.17, 15) is 9.59 Å². The number of pyridine rings is 2. The standard InChI is InChI=1S/C30H28N8O2/c39-29(25-13-5-11-23(31-25)27-33-19-7-1-2-8-20(19)34-27)37-15-17-38(18-16-37)30(40)26-14-6-12-24(32-26)28-35-21-9-3-4-10-22(21)36-28/h1-14,27-28,33-36H,15-18H2. The van der Waals surface area contributed by atoms with Gasteiger partial charge in [-0.15, -0.1) is 0 Å². The number of hydrogen-bond donors (Lipinski definition) is 4. The average Bonchev–Trinajstić information content (AvgIpc) is 3.65. The van der Waals surface area contributed by atoms with Crippen LogP contribution in [-0.4, -0.2) is 57.8 Å². The molecule has 40 heavy (non-hydrogen) atoms. The van der Waals surface area contributed by atoms with Crippen molar-refractivity contribution in [2.45, 2.75) is 12.3 Å². The summed E-state index contributed by atoms with van der Waals surface area (Å²) < 4.78 is 0. The van der Waals surface area contributed by atoms with Crippen LogP contribution in [0.25, 0.3) is 0 Å². The van der Waals surface area contributed by atoms with Crippen molar-refractivity contribution in [3.63, 3.8) is 0 Å². The second kappa shape index (κ2) is 9.88. The maximum Gasteiger partial charge on any atom is 0.272 e. The predicted octanol–water partition coefficient (Wildman–Crippen LogP) is 4.15. The first-order valence-electron chi connectivity index (χ1n) is 13.4. The Morgan fingerprint density at radius 1 is 0.525 bits per heavy atom. The highest BCUT2D eigenvalue weighted by Crippen LogP contribution is 2.35. The Labute approximate surface area is 231 Å². The third-order valence-corrected chi connectivity index (χ3v) is 7.48. The molecule has 0 spiro atoms. The summed E-state index contributed by atoms with van der Waals surface area (Å²) in [4.78, 5) is 39.5. The number of hydrogen-bond acceptors (Lipinski definition) is 8. The van der Waals surface area contributed by atoms with Crippen LogP contribution < -0.4 is 21.3 Å². The molecule has 0 radical (unpaired) electrons. The first-order valence-corrected chi connectivity index (χ1v) is 13.4. The van der Waals surface area contributed by atoms with Gasteiger partial charge in [0.2, 0.25) is 0 Å². The van der Waals surface area contributed by atoms with Gasteiger partial charge < -0.3 is 31.1 Å². The quantitative estimate of drug-likeness (QED) is 0.310. The SMILES string of the molecule is O=C(c1cccc(C2Nc3ccccc3N2)n1)N1CCN(C(=O)c2cccc(C3Nc4ccccc4N3)n2)CC1. The summed E-state index contributed by atoms with van der Waals surface area (Å²) in [6, 6.07) is 26.9. The highest BCUT2D eigenvalue weighted by atomic mass is 16.2. The van der Waals surface area contributed by atoms with Gasteiger partial charge in [-0.1, -0.05) is 36.4 Å². The Morgan fingerprint density at radius 2 is 0.875 bits per heavy atom. The highest BCUT2D eigenvalue weighted by Gasteiger charge is 2.29. The number of fused-ring (bicyclic) bond motifs is 2. The van der Waals surface area contributed by atoms with Crippen molar-refractivity contribution in [2.24, 2.45) is 0 Å². The molecule has 0 aliphatic carbocycles. The van der Waals surface area contributed by atoms with E-state index in [4.69, 9.17) is 0 Å². The summed E-state index contributed by atoms with van der Waals surface area (Å²) in [5, 5.41) is 13.6. The van der Waals surface area contributed by atoms with E-state index in [2.05, 4.69) is 31.2 Å². The van der Waals surface area contributed by atoms with E-state index in [0.29, 0.717) is 37.6 Å². The van der Waals surface area contributed by atoms with Crippen LogP contribution in [0.15, 0.2) is 84.9 Å². The maximum atomic E-state index is 13.3. The van der Waals surface area contributed by atoms with Crippen LogP contribution in [0.1, 0.15) is 44.7 Å². The van der Waals surface area contributed by atoms with Crippen LogP contribution in [0.2, 0.25) is 0 Å². The number of rotatable bonds is 4. The summed E-state index contributed by atoms with van der Waals surface area (Å²) >= 11 is 0. The lowest BCUT2D eigenvalue weighted by Gasteiger charge is -2.34. The number of anilines is 4. The lowest BCUT2D eigenvalue weighted by atomic mass is 10.2. The summed E-state index contributed by atoms with van der Waals surface area (Å²) in [7, 11) is 0. The minimum atomic E-state index is -0.202. The Hall–Kier alpha value is -5.12. The van der Waals surface area contributed by atoms with E-state index in [1.165, 1.54) is 0 Å². The summed E-state index contributed by atoms with van der Waals surface area (Å²) in [5.74, 6) is -0.273. The van der Waals surface area contributed by atoms with Crippen molar-refractivity contribution < 1.29 is 9.59 Å². The van der Waals surface area contributed by atoms with Crippen LogP contribution in [0.3, 0.4) is 0 Å². The third kappa shape index (κ3) is 4.43. The van der Waals surface area contributed by atoms with Gasteiger partial charge in [-0.3, -0.25) is 9.59 Å². The molecule has 4 N–H and O–H groups in total. The maximum absolute atomic E-state index is 13.3. The number of amides is 2. The molecule has 1 saturated heterocycles. The van der Waals surface area contributed by atoms with Gasteiger partial charge in [-0.25, -0.2) is 9.97 Å². The number of carbonyl (C=O) groups is 2. The fourth-order valence-corrected chi connectivity index (χ4v) is 5.36. The van der Waals surface area contributed by atoms with Crippen molar-refractivity contribution in [3.05, 3.63) is 108 Å². The molecule has 0 bridgehead atoms. The van der Waals surface area contributed by atoms with Gasteiger partial charge in [0.25, 0.3) is 11.8 Å². The van der Waals surface area contributed by atoms with Crippen LogP contribution in [0.4, 0.5) is 22.7 Å². The molecule has 3 aliphatic heterocycles. The van der Waals surface area contributed by atoms with Crippen LogP contribution in [-0.2, 0) is 0 Å². The van der Waals surface area contributed by atoms with Crippen LogP contribution in [0, 0.1) is 0 Å². The van der Waals surface area contributed by atoms with Crippen LogP contribution in [0.5, 0.6) is 0 Å². The molecule has 2 aromatic carbocycles. The molecular weight excluding hydrogens is 504 g/mol. The molecule has 0 saturated carbocycles. The molecule has 0 unspecified atom stereocenters. The van der Waals surface area contributed by atoms with Crippen LogP contribution >= 0.6 is 0 Å². The normalized spacial score (nSPS) is 16.3. The highest BCUT2D eigenvalue weighted by molar-refractivity contribution is 5.94. The Kier molecular flexibility index (Phi) is 5.92. The minimum Gasteiger partial charge on any atom is -0.359 e. The van der Waals surface area contributed by atoms with Crippen molar-refractivity contribution in [3.8, 4) is 0 Å². The van der Waals surface area contributed by atoms with Crippen molar-refractivity contribution in [1.29, 1.82) is 0 Å². The molecule has 10 nitrogen and oxygen atoms in total. The molecule has 7 rings (SSSR count). The average molecular weight is 533 g/mol. The molecule has 4 aromatic rings. The molecule has 5 heterocycles. The second-order valence-corrected chi connectivity index (χ2v) is 10.0. The zero-order chi connectivity index (χ0) is 27.1. The minimum absolute atomic E-state index is 0.137. The molecular formula is C30H28N8O2. The lowest BCUT2D eigenvalue weighted by Crippen LogP contribution is -2.51. The summed E-state index contributed by atoms with van der Waals surface area (Å²) in [6.07, 6.45) is -0.404. The smallest absolute Gasteiger partial charge is 0.272 e. The van der Waals surface area contributed by atoms with E-state index in [-0.39, 0.29) is 24.1 Å². The molecule has 0 atom stereocenters. The summed E-state index contributed by atoms with van der Waals surface area (Å²) in [5.41, 5.74) is 6.31. The fraction of sp³-hybridized carbons (Fsp3) is 0.200. The molecule has 2 amide bonds. The lowest BCUT2D eigenvalue weighted by molar-refractivity contribution is 0.0529. The zero-order valence-electron chi connectivity index (χ0n) is 21.7. The third-order valence-electron chi connectivity index (χ3n) is 7.48. The number of nitrogens with one attached hydrogen (secondary N) is 4. The molecule has 3 aliphatic rings. The number of benzene rings is 2. The molecule has 10 heteroatoms. The number of nitrogens with zero attached hydrogens (tertiary/aromatic N) is 4. The summed E-state index contributed by atoms with van der Waals surface area (Å²) in [6.45, 7) is 1.73. The number of para-hydroxylation sites is 4. The van der Waals surface area contributed by atoms with Gasteiger partial charge in [0.05, 0.1) is 34.1 Å². The molecule has 2 aromatic heterocycles. The van der Waals surface area contributed by atoms with E-state index < -0.39 is 0 Å². The van der Waals surface area contributed by atoms with E-state index in [1.807, 2.05) is 72.8 Å². The van der Waals surface area contributed by atoms with Crippen molar-refractivity contribution >= 4 is 34.6 Å². The van der Waals surface area contributed by atoms with E-state index in [0.717, 1.165) is 34.1 Å². The Morgan fingerprint density at radius 3 is 1.23 bits per heavy atom. The monoisotopic (exact) mass is 532 g/mol. The van der Waals surface area contributed by atoms with E-state index in [1.54, 1.807) is 21.9 Å². The van der Waals surface area contributed by atoms with Gasteiger partial charge in [-0.05, 0) is 48.5 Å². The van der Waals surface area contributed by atoms with Gasteiger partial charge in [0.15, 0.2) is 0 Å². The second-order valence-electron chi connectivity index (χ2n) is 10.0. The zero-order valence-corrected chi connectivity index (χ0v) is 21.7. The Balaban J connectivity index is 0.981. The number of piperazine rings is 1. The largest absolute Gasteiger partial charge is 0.359 e. The topological polar surface area (TPSA) is 115 Å². The number of carbonyl (C=O) groups excluding carboxylic acids is 2. The van der Waals surface area contributed by atoms with E-state index >= 15 is 0 Å². The van der Waals surface area contributed by atoms with Gasteiger partial charge in [0.1, 0.15) is 23.7 Å². The predicted molar refractivity (Wildman–Crippen MR) is 153 cm³/mol. The molecule has 200 valence electrons. The van der Waals surface area contributed by atoms with Gasteiger partial charge in [-0.2, -0.15) is 0 Å². The first kappa shape index (κ1) is 24.0. The van der Waals surface area contributed by atoms with Gasteiger partial charge >= 0.3 is 0 Å². The fourth-order valence-electron chi connectivity index (χ4n) is 5.36. The molecule has 1 fully saturated rings.